The van der Waals surface area contributed by atoms with E-state index < -0.39 is 5.97 Å². The number of hydrogen-bond acceptors (Lipinski definition) is 3. The molecule has 0 bridgehead atoms. The number of carboxylic acids is 1. The highest BCUT2D eigenvalue weighted by Gasteiger charge is 2.22. The normalized spacial score (nSPS) is 18.9. The summed E-state index contributed by atoms with van der Waals surface area (Å²) >= 11 is 2.03. The number of halogens is 1. The number of carbonyl (C=O) groups is 2. The fraction of sp³-hybridized carbons (Fsp3) is 0.385. The van der Waals surface area contributed by atoms with Gasteiger partial charge in [0.05, 0.1) is 18.1 Å². The molecule has 2 N–H and O–H groups in total. The Kier molecular flexibility index (Phi) is 4.76. The molecule has 1 amide bonds. The lowest BCUT2D eigenvalue weighted by atomic mass is 10.0. The van der Waals surface area contributed by atoms with E-state index in [9.17, 15) is 9.59 Å². The van der Waals surface area contributed by atoms with Crippen LogP contribution >= 0.6 is 22.6 Å². The van der Waals surface area contributed by atoms with Crippen molar-refractivity contribution >= 4 is 40.2 Å². The number of hydrogen-bond donors (Lipinski definition) is 2. The first kappa shape index (κ1) is 14.3. The molecule has 19 heavy (non-hydrogen) atoms. The van der Waals surface area contributed by atoms with Crippen LogP contribution in [0.3, 0.4) is 0 Å². The number of aromatic carboxylic acids is 1. The Morgan fingerprint density at radius 3 is 2.79 bits per heavy atom. The third-order valence-electron chi connectivity index (χ3n) is 2.94. The first-order chi connectivity index (χ1) is 9.06. The van der Waals surface area contributed by atoms with Crippen LogP contribution in [0.5, 0.6) is 0 Å². The largest absolute Gasteiger partial charge is 0.478 e. The Bertz CT molecular complexity index is 497. The van der Waals surface area contributed by atoms with Gasteiger partial charge in [-0.2, -0.15) is 0 Å². The van der Waals surface area contributed by atoms with Gasteiger partial charge in [-0.1, -0.05) is 0 Å². The molecular formula is C13H14INO4. The molecule has 1 fully saturated rings. The van der Waals surface area contributed by atoms with E-state index in [2.05, 4.69) is 5.32 Å². The van der Waals surface area contributed by atoms with Crippen LogP contribution in [0.25, 0.3) is 0 Å². The van der Waals surface area contributed by atoms with E-state index in [1.165, 1.54) is 6.07 Å². The molecule has 1 atom stereocenters. The number of carboxylic acid groups (broad SMARTS) is 1. The lowest BCUT2D eigenvalue weighted by molar-refractivity contribution is -0.123. The van der Waals surface area contributed by atoms with Gasteiger partial charge >= 0.3 is 5.97 Å². The van der Waals surface area contributed by atoms with E-state index in [0.717, 1.165) is 16.4 Å². The molecule has 0 aliphatic carbocycles. The molecule has 0 radical (unpaired) electrons. The summed E-state index contributed by atoms with van der Waals surface area (Å²) in [7, 11) is 0. The maximum absolute atomic E-state index is 12.0. The van der Waals surface area contributed by atoms with E-state index >= 15 is 0 Å². The van der Waals surface area contributed by atoms with E-state index in [1.54, 1.807) is 12.1 Å². The maximum atomic E-state index is 12.0. The van der Waals surface area contributed by atoms with Crippen molar-refractivity contribution < 1.29 is 19.4 Å². The van der Waals surface area contributed by atoms with Gasteiger partial charge in [0.25, 0.3) is 0 Å². The van der Waals surface area contributed by atoms with Gasteiger partial charge in [-0.15, -0.1) is 0 Å². The summed E-state index contributed by atoms with van der Waals surface area (Å²) in [5.74, 6) is -1.27. The van der Waals surface area contributed by atoms with E-state index in [4.69, 9.17) is 9.84 Å². The molecule has 5 nitrogen and oxygen atoms in total. The highest BCUT2D eigenvalue weighted by Crippen LogP contribution is 2.20. The number of nitrogens with one attached hydrogen (secondary N) is 1. The van der Waals surface area contributed by atoms with Crippen molar-refractivity contribution in [2.75, 3.05) is 18.5 Å². The minimum absolute atomic E-state index is 0.113. The van der Waals surface area contributed by atoms with Crippen molar-refractivity contribution in [3.05, 3.63) is 27.3 Å². The summed E-state index contributed by atoms with van der Waals surface area (Å²) in [6.45, 7) is 1.14. The fourth-order valence-corrected chi connectivity index (χ4v) is 2.65. The summed E-state index contributed by atoms with van der Waals surface area (Å²) in [5, 5.41) is 11.7. The van der Waals surface area contributed by atoms with Crippen molar-refractivity contribution in [3.63, 3.8) is 0 Å². The van der Waals surface area contributed by atoms with Gasteiger partial charge in [0.2, 0.25) is 5.91 Å². The molecular weight excluding hydrogens is 361 g/mol. The molecule has 2 rings (SSSR count). The van der Waals surface area contributed by atoms with Crippen molar-refractivity contribution in [2.45, 2.75) is 12.8 Å². The Labute approximate surface area is 124 Å². The Morgan fingerprint density at radius 1 is 1.37 bits per heavy atom. The van der Waals surface area contributed by atoms with E-state index in [-0.39, 0.29) is 17.4 Å². The van der Waals surface area contributed by atoms with Gasteiger partial charge in [0.1, 0.15) is 0 Å². The van der Waals surface area contributed by atoms with Gasteiger partial charge in [-0.25, -0.2) is 4.79 Å². The zero-order valence-corrected chi connectivity index (χ0v) is 12.3. The lowest BCUT2D eigenvalue weighted by Gasteiger charge is -2.21. The average Bonchev–Trinajstić information content (AvgIpc) is 2.39. The summed E-state index contributed by atoms with van der Waals surface area (Å²) < 4.78 is 6.04. The van der Waals surface area contributed by atoms with Gasteiger partial charge in [-0.3, -0.25) is 4.79 Å². The molecule has 0 saturated carbocycles. The molecule has 1 aliphatic heterocycles. The minimum Gasteiger partial charge on any atom is -0.478 e. The second-order valence-corrected chi connectivity index (χ2v) is 5.68. The maximum Gasteiger partial charge on any atom is 0.335 e. The van der Waals surface area contributed by atoms with Crippen LogP contribution in [-0.4, -0.2) is 30.2 Å². The van der Waals surface area contributed by atoms with Crippen molar-refractivity contribution in [3.8, 4) is 0 Å². The molecule has 1 heterocycles. The van der Waals surface area contributed by atoms with E-state index in [0.29, 0.717) is 18.9 Å². The zero-order valence-electron chi connectivity index (χ0n) is 10.2. The minimum atomic E-state index is -1.00. The summed E-state index contributed by atoms with van der Waals surface area (Å²) in [5.41, 5.74) is 0.682. The quantitative estimate of drug-likeness (QED) is 0.796. The summed E-state index contributed by atoms with van der Waals surface area (Å²) in [4.78, 5) is 23.0. The lowest BCUT2D eigenvalue weighted by Crippen LogP contribution is -2.30. The van der Waals surface area contributed by atoms with Crippen molar-refractivity contribution in [1.29, 1.82) is 0 Å². The highest BCUT2D eigenvalue weighted by atomic mass is 127. The molecule has 1 aromatic rings. The number of benzene rings is 1. The van der Waals surface area contributed by atoms with Crippen LogP contribution in [0.2, 0.25) is 0 Å². The van der Waals surface area contributed by atoms with Crippen molar-refractivity contribution in [1.82, 2.24) is 0 Å². The topological polar surface area (TPSA) is 75.6 Å². The molecule has 1 aromatic carbocycles. The molecule has 102 valence electrons. The van der Waals surface area contributed by atoms with Gasteiger partial charge < -0.3 is 15.2 Å². The van der Waals surface area contributed by atoms with Crippen LogP contribution < -0.4 is 5.32 Å². The smallest absolute Gasteiger partial charge is 0.335 e. The predicted octanol–water partition coefficient (Wildman–Crippen LogP) is 2.35. The summed E-state index contributed by atoms with van der Waals surface area (Å²) in [6.07, 6.45) is 1.69. The molecule has 0 spiro atoms. The number of carbonyl (C=O) groups excluding carboxylic acids is 1. The standard InChI is InChI=1S/C13H14INO4/c14-10-4-9(13(17)18)5-11(6-10)15-12(16)8-2-1-3-19-7-8/h4-6,8H,1-3,7H2,(H,15,16)(H,17,18). The number of anilines is 1. The number of ether oxygens (including phenoxy) is 1. The molecule has 1 saturated heterocycles. The Balaban J connectivity index is 2.09. The SMILES string of the molecule is O=C(O)c1cc(I)cc(NC(=O)C2CCCOC2)c1. The zero-order chi connectivity index (χ0) is 13.8. The summed E-state index contributed by atoms with van der Waals surface area (Å²) in [6, 6.07) is 4.77. The second-order valence-electron chi connectivity index (χ2n) is 4.44. The van der Waals surface area contributed by atoms with Crippen LogP contribution in [0.1, 0.15) is 23.2 Å². The predicted molar refractivity (Wildman–Crippen MR) is 78.3 cm³/mol. The number of amides is 1. The highest BCUT2D eigenvalue weighted by molar-refractivity contribution is 14.1. The molecule has 1 unspecified atom stereocenters. The molecule has 1 aliphatic rings. The first-order valence-corrected chi connectivity index (χ1v) is 7.06. The third-order valence-corrected chi connectivity index (χ3v) is 3.57. The fourth-order valence-electron chi connectivity index (χ4n) is 1.98. The van der Waals surface area contributed by atoms with Gasteiger partial charge in [-0.05, 0) is 53.6 Å². The van der Waals surface area contributed by atoms with Crippen LogP contribution in [0, 0.1) is 9.49 Å². The first-order valence-electron chi connectivity index (χ1n) is 5.99. The van der Waals surface area contributed by atoms with Crippen LogP contribution in [-0.2, 0) is 9.53 Å². The monoisotopic (exact) mass is 375 g/mol. The Hall–Kier alpha value is -1.15. The van der Waals surface area contributed by atoms with Crippen molar-refractivity contribution in [2.24, 2.45) is 5.92 Å². The molecule has 6 heteroatoms. The average molecular weight is 375 g/mol. The van der Waals surface area contributed by atoms with Crippen LogP contribution in [0.4, 0.5) is 5.69 Å². The van der Waals surface area contributed by atoms with Gasteiger partial charge in [0, 0.05) is 15.9 Å². The number of rotatable bonds is 3. The molecule has 0 aromatic heterocycles. The second kappa shape index (κ2) is 6.33. The van der Waals surface area contributed by atoms with Crippen LogP contribution in [0.15, 0.2) is 18.2 Å². The van der Waals surface area contributed by atoms with Gasteiger partial charge in [0.15, 0.2) is 0 Å². The Morgan fingerprint density at radius 2 is 2.16 bits per heavy atom. The third kappa shape index (κ3) is 3.90. The van der Waals surface area contributed by atoms with E-state index in [1.807, 2.05) is 22.6 Å².